The van der Waals surface area contributed by atoms with Gasteiger partial charge in [-0.1, -0.05) is 94.3 Å². The highest BCUT2D eigenvalue weighted by molar-refractivity contribution is 6.03. The van der Waals surface area contributed by atoms with Crippen molar-refractivity contribution in [2.75, 3.05) is 54.1 Å². The van der Waals surface area contributed by atoms with Gasteiger partial charge in [0.1, 0.15) is 6.61 Å². The first-order valence-corrected chi connectivity index (χ1v) is 16.1. The van der Waals surface area contributed by atoms with Gasteiger partial charge in [-0.15, -0.1) is 0 Å². The van der Waals surface area contributed by atoms with Crippen LogP contribution in [0.4, 0.5) is 4.79 Å². The minimum atomic E-state index is -0.887. The van der Waals surface area contributed by atoms with E-state index in [9.17, 15) is 19.2 Å². The zero-order chi connectivity index (χ0) is 33.0. The van der Waals surface area contributed by atoms with E-state index in [0.717, 1.165) is 35.3 Å². The molecule has 1 aliphatic rings. The van der Waals surface area contributed by atoms with E-state index >= 15 is 0 Å². The number of imide groups is 1. The largest absolute Gasteiger partial charge is 0.347 e. The van der Waals surface area contributed by atoms with Crippen molar-refractivity contribution < 1.29 is 23.9 Å². The molecule has 1 saturated heterocycles. The average molecular weight is 622 g/mol. The summed E-state index contributed by atoms with van der Waals surface area (Å²) in [5.41, 5.74) is 0.841. The molecule has 1 unspecified atom stereocenters. The van der Waals surface area contributed by atoms with Gasteiger partial charge in [0, 0.05) is 26.7 Å². The van der Waals surface area contributed by atoms with Gasteiger partial charge < -0.3 is 24.8 Å². The van der Waals surface area contributed by atoms with Gasteiger partial charge in [0.25, 0.3) is 0 Å². The summed E-state index contributed by atoms with van der Waals surface area (Å²) in [4.78, 5) is 60.3. The molecule has 10 nitrogen and oxygen atoms in total. The van der Waals surface area contributed by atoms with E-state index in [1.54, 1.807) is 16.8 Å². The van der Waals surface area contributed by atoms with Crippen LogP contribution in [-0.2, 0) is 19.1 Å². The van der Waals surface area contributed by atoms with Crippen LogP contribution >= 0.6 is 0 Å². The molecule has 0 aromatic heterocycles. The fourth-order valence-electron chi connectivity index (χ4n) is 5.72. The molecule has 246 valence electrons. The SMILES string of the molecule is CCCCCN(CNC(=O)N1C(=O)C(CC)(CC)C1OCC(=O)N(C)CCN(C)C)C(=O)C(c1ccccc1)c1ccccc1. The summed E-state index contributed by atoms with van der Waals surface area (Å²) >= 11 is 0. The number of urea groups is 1. The smallest absolute Gasteiger partial charge is 0.327 e. The highest BCUT2D eigenvalue weighted by Gasteiger charge is 2.62. The minimum absolute atomic E-state index is 0.0640. The highest BCUT2D eigenvalue weighted by Crippen LogP contribution is 2.45. The quantitative estimate of drug-likeness (QED) is 0.158. The molecule has 0 radical (unpaired) electrons. The van der Waals surface area contributed by atoms with Gasteiger partial charge in [-0.3, -0.25) is 14.4 Å². The zero-order valence-corrected chi connectivity index (χ0v) is 27.8. The Bertz CT molecular complexity index is 1210. The number of unbranched alkanes of at least 4 members (excludes halogenated alkanes) is 2. The van der Waals surface area contributed by atoms with E-state index in [4.69, 9.17) is 4.74 Å². The fraction of sp³-hybridized carbons (Fsp3) is 0.543. The Morgan fingerprint density at radius 2 is 1.44 bits per heavy atom. The molecule has 1 fully saturated rings. The lowest BCUT2D eigenvalue weighted by Crippen LogP contribution is -2.73. The van der Waals surface area contributed by atoms with Gasteiger partial charge in [-0.25, -0.2) is 9.69 Å². The normalized spacial score (nSPS) is 15.6. The lowest BCUT2D eigenvalue weighted by atomic mass is 9.72. The Labute approximate surface area is 268 Å². The third-order valence-electron chi connectivity index (χ3n) is 8.78. The van der Waals surface area contributed by atoms with Crippen LogP contribution in [0.1, 0.15) is 69.9 Å². The van der Waals surface area contributed by atoms with Crippen LogP contribution in [0.25, 0.3) is 0 Å². The molecule has 0 saturated carbocycles. The number of β-lactam (4-membered cyclic amide) rings is 1. The van der Waals surface area contributed by atoms with E-state index in [1.165, 1.54) is 0 Å². The second-order valence-corrected chi connectivity index (χ2v) is 12.0. The number of likely N-dealkylation sites (N-methyl/N-ethyl adjacent to an activating group) is 2. The van der Waals surface area contributed by atoms with Crippen LogP contribution in [0, 0.1) is 5.41 Å². The summed E-state index contributed by atoms with van der Waals surface area (Å²) < 4.78 is 6.02. The summed E-state index contributed by atoms with van der Waals surface area (Å²) in [6.45, 7) is 7.26. The molecular weight excluding hydrogens is 570 g/mol. The number of hydrogen-bond donors (Lipinski definition) is 1. The minimum Gasteiger partial charge on any atom is -0.347 e. The predicted octanol–water partition coefficient (Wildman–Crippen LogP) is 4.52. The molecule has 1 N–H and O–H groups in total. The Morgan fingerprint density at radius 3 is 1.96 bits per heavy atom. The lowest BCUT2D eigenvalue weighted by molar-refractivity contribution is -0.211. The summed E-state index contributed by atoms with van der Waals surface area (Å²) in [5, 5.41) is 2.83. The molecule has 10 heteroatoms. The molecule has 2 aromatic rings. The van der Waals surface area contributed by atoms with Crippen LogP contribution in [-0.4, -0.2) is 104 Å². The van der Waals surface area contributed by atoms with Gasteiger partial charge in [0.05, 0.1) is 18.0 Å². The third-order valence-corrected chi connectivity index (χ3v) is 8.78. The number of nitrogens with one attached hydrogen (secondary N) is 1. The Balaban J connectivity index is 1.78. The summed E-state index contributed by atoms with van der Waals surface area (Å²) in [6.07, 6.45) is 2.76. The fourth-order valence-corrected chi connectivity index (χ4v) is 5.72. The maximum Gasteiger partial charge on any atom is 0.327 e. The van der Waals surface area contributed by atoms with E-state index < -0.39 is 23.6 Å². The van der Waals surface area contributed by atoms with Crippen molar-refractivity contribution in [3.05, 3.63) is 71.8 Å². The highest BCUT2D eigenvalue weighted by atomic mass is 16.5. The first-order valence-electron chi connectivity index (χ1n) is 16.1. The monoisotopic (exact) mass is 621 g/mol. The van der Waals surface area contributed by atoms with Crippen LogP contribution in [0.2, 0.25) is 0 Å². The molecule has 2 aromatic carbocycles. The number of benzene rings is 2. The second-order valence-electron chi connectivity index (χ2n) is 12.0. The Kier molecular flexibility index (Phi) is 13.6. The van der Waals surface area contributed by atoms with Gasteiger partial charge in [-0.05, 0) is 44.5 Å². The van der Waals surface area contributed by atoms with E-state index in [0.29, 0.717) is 32.5 Å². The van der Waals surface area contributed by atoms with Gasteiger partial charge >= 0.3 is 6.03 Å². The van der Waals surface area contributed by atoms with Crippen LogP contribution in [0.5, 0.6) is 0 Å². The van der Waals surface area contributed by atoms with Crippen molar-refractivity contribution in [1.29, 1.82) is 0 Å². The maximum atomic E-state index is 14.2. The van der Waals surface area contributed by atoms with Crippen LogP contribution in [0.15, 0.2) is 60.7 Å². The summed E-state index contributed by atoms with van der Waals surface area (Å²) in [7, 11) is 5.58. The zero-order valence-electron chi connectivity index (χ0n) is 27.8. The first-order chi connectivity index (χ1) is 21.6. The Morgan fingerprint density at radius 1 is 0.867 bits per heavy atom. The molecular formula is C35H51N5O5. The standard InChI is InChI=1S/C35H51N5O5/c1-7-10-17-22-39(31(42)30(27-18-13-11-14-19-27)28-20-15-12-16-21-28)26-36-34(44)40-32(43)35(8-2,9-3)33(40)45-25-29(41)38(6)24-23-37(4)5/h11-16,18-21,30,33H,7-10,17,22-26H2,1-6H3,(H,36,44). The maximum absolute atomic E-state index is 14.2. The number of carbonyl (C=O) groups excluding carboxylic acids is 4. The molecule has 5 amide bonds. The molecule has 45 heavy (non-hydrogen) atoms. The molecule has 0 aliphatic carbocycles. The van der Waals surface area contributed by atoms with Crippen molar-refractivity contribution in [2.45, 2.75) is 65.0 Å². The number of rotatable bonds is 17. The molecule has 1 atom stereocenters. The van der Waals surface area contributed by atoms with E-state index in [-0.39, 0.29) is 31.0 Å². The van der Waals surface area contributed by atoms with Crippen LogP contribution in [0.3, 0.4) is 0 Å². The van der Waals surface area contributed by atoms with E-state index in [2.05, 4.69) is 12.2 Å². The number of nitrogens with zero attached hydrogens (tertiary/aromatic N) is 4. The average Bonchev–Trinajstić information content (AvgIpc) is 3.04. The van der Waals surface area contributed by atoms with Crippen molar-refractivity contribution in [2.24, 2.45) is 5.41 Å². The first kappa shape index (κ1) is 35.7. The number of carbonyl (C=O) groups is 4. The van der Waals surface area contributed by atoms with Crippen LogP contribution < -0.4 is 5.32 Å². The molecule has 1 aliphatic heterocycles. The van der Waals surface area contributed by atoms with E-state index in [1.807, 2.05) is 93.5 Å². The second kappa shape index (κ2) is 17.1. The molecule has 1 heterocycles. The van der Waals surface area contributed by atoms with Crippen molar-refractivity contribution in [3.8, 4) is 0 Å². The number of hydrogen-bond acceptors (Lipinski definition) is 6. The van der Waals surface area contributed by atoms with Crippen molar-refractivity contribution >= 4 is 23.8 Å². The van der Waals surface area contributed by atoms with Gasteiger partial charge in [0.2, 0.25) is 17.7 Å². The third kappa shape index (κ3) is 8.70. The van der Waals surface area contributed by atoms with Gasteiger partial charge in [-0.2, -0.15) is 0 Å². The number of ether oxygens (including phenoxy) is 1. The number of amides is 5. The summed E-state index contributed by atoms with van der Waals surface area (Å²) in [6, 6.07) is 18.6. The lowest BCUT2D eigenvalue weighted by Gasteiger charge is -2.53. The molecule has 0 spiro atoms. The van der Waals surface area contributed by atoms with Gasteiger partial charge in [0.15, 0.2) is 6.23 Å². The summed E-state index contributed by atoms with van der Waals surface area (Å²) in [5.74, 6) is -1.23. The van der Waals surface area contributed by atoms with Crippen molar-refractivity contribution in [1.82, 2.24) is 24.9 Å². The topological polar surface area (TPSA) is 102 Å². The number of likely N-dealkylation sites (tertiary alicyclic amines) is 1. The molecule has 0 bridgehead atoms. The Hall–Kier alpha value is -3.76. The predicted molar refractivity (Wildman–Crippen MR) is 175 cm³/mol. The molecule has 3 rings (SSSR count). The van der Waals surface area contributed by atoms with Crippen molar-refractivity contribution in [3.63, 3.8) is 0 Å².